The minimum Gasteiger partial charge on any atom is -0.335 e. The first-order valence-corrected chi connectivity index (χ1v) is 8.24. The van der Waals surface area contributed by atoms with Crippen molar-refractivity contribution in [3.8, 4) is 0 Å². The summed E-state index contributed by atoms with van der Waals surface area (Å²) < 4.78 is 1.91. The van der Waals surface area contributed by atoms with Crippen molar-refractivity contribution < 1.29 is 4.79 Å². The molecule has 6 heteroatoms. The van der Waals surface area contributed by atoms with Gasteiger partial charge in [-0.15, -0.1) is 0 Å². The van der Waals surface area contributed by atoms with Gasteiger partial charge in [-0.3, -0.25) is 14.4 Å². The van der Waals surface area contributed by atoms with Crippen LogP contribution in [-0.4, -0.2) is 76.2 Å². The molecule has 3 heterocycles. The highest BCUT2D eigenvalue weighted by atomic mass is 16.2. The fraction of sp³-hybridized carbons (Fsp3) is 0.750. The highest BCUT2D eigenvalue weighted by Gasteiger charge is 2.30. The molecule has 1 amide bonds. The molecule has 0 aromatic carbocycles. The van der Waals surface area contributed by atoms with Gasteiger partial charge >= 0.3 is 0 Å². The van der Waals surface area contributed by atoms with E-state index in [9.17, 15) is 4.79 Å². The lowest BCUT2D eigenvalue weighted by Gasteiger charge is -2.33. The van der Waals surface area contributed by atoms with E-state index in [-0.39, 0.29) is 5.91 Å². The lowest BCUT2D eigenvalue weighted by molar-refractivity contribution is 0.0656. The van der Waals surface area contributed by atoms with Crippen molar-refractivity contribution in [1.29, 1.82) is 0 Å². The minimum atomic E-state index is 0.114. The van der Waals surface area contributed by atoms with E-state index in [4.69, 9.17) is 0 Å². The third-order valence-corrected chi connectivity index (χ3v) is 5.00. The van der Waals surface area contributed by atoms with Gasteiger partial charge in [0.05, 0.1) is 5.69 Å². The normalized spacial score (nSPS) is 20.5. The van der Waals surface area contributed by atoms with Crippen LogP contribution in [-0.2, 0) is 20.0 Å². The molecule has 2 aliphatic rings. The summed E-state index contributed by atoms with van der Waals surface area (Å²) in [4.78, 5) is 19.5. The van der Waals surface area contributed by atoms with Gasteiger partial charge in [0.25, 0.3) is 5.91 Å². The average molecular weight is 305 g/mol. The van der Waals surface area contributed by atoms with Gasteiger partial charge in [-0.05, 0) is 27.3 Å². The van der Waals surface area contributed by atoms with E-state index in [0.717, 1.165) is 45.7 Å². The molecule has 0 atom stereocenters. The average Bonchev–Trinajstić information content (AvgIpc) is 2.84. The zero-order valence-corrected chi connectivity index (χ0v) is 14.2. The van der Waals surface area contributed by atoms with Crippen LogP contribution in [0.5, 0.6) is 0 Å². The minimum absolute atomic E-state index is 0.114. The summed E-state index contributed by atoms with van der Waals surface area (Å²) in [5, 5.41) is 4.57. The third kappa shape index (κ3) is 2.77. The van der Waals surface area contributed by atoms with E-state index < -0.39 is 0 Å². The summed E-state index contributed by atoms with van der Waals surface area (Å²) in [7, 11) is 4.06. The van der Waals surface area contributed by atoms with Crippen LogP contribution in [0.3, 0.4) is 0 Å². The lowest BCUT2D eigenvalue weighted by Crippen LogP contribution is -2.47. The molecule has 0 saturated carbocycles. The number of aryl methyl sites for hydroxylation is 1. The van der Waals surface area contributed by atoms with Crippen molar-refractivity contribution in [3.05, 3.63) is 17.0 Å². The Morgan fingerprint density at radius 2 is 1.77 bits per heavy atom. The van der Waals surface area contributed by atoms with E-state index in [2.05, 4.69) is 35.8 Å². The summed E-state index contributed by atoms with van der Waals surface area (Å²) in [6, 6.07) is 0.528. The number of rotatable bonds is 2. The second kappa shape index (κ2) is 6.01. The summed E-state index contributed by atoms with van der Waals surface area (Å²) >= 11 is 0. The van der Waals surface area contributed by atoms with Crippen LogP contribution < -0.4 is 0 Å². The van der Waals surface area contributed by atoms with Gasteiger partial charge in [-0.1, -0.05) is 0 Å². The van der Waals surface area contributed by atoms with Crippen molar-refractivity contribution >= 4 is 5.91 Å². The first kappa shape index (κ1) is 15.5. The van der Waals surface area contributed by atoms with Crippen molar-refractivity contribution in [3.63, 3.8) is 0 Å². The van der Waals surface area contributed by atoms with E-state index in [1.807, 2.05) is 16.6 Å². The summed E-state index contributed by atoms with van der Waals surface area (Å²) in [6.45, 7) is 9.85. The summed E-state index contributed by atoms with van der Waals surface area (Å²) in [5.41, 5.74) is 3.06. The number of fused-ring (bicyclic) bond motifs is 1. The number of hydrogen-bond acceptors (Lipinski definition) is 4. The quantitative estimate of drug-likeness (QED) is 0.801. The molecule has 0 unspecified atom stereocenters. The van der Waals surface area contributed by atoms with Crippen molar-refractivity contribution in [2.75, 3.05) is 39.8 Å². The molecular weight excluding hydrogens is 278 g/mol. The Hall–Kier alpha value is -1.40. The van der Waals surface area contributed by atoms with Crippen molar-refractivity contribution in [1.82, 2.24) is 24.5 Å². The maximum atomic E-state index is 12.8. The maximum absolute atomic E-state index is 12.8. The first-order valence-electron chi connectivity index (χ1n) is 8.24. The molecule has 22 heavy (non-hydrogen) atoms. The number of carbonyl (C=O) groups is 1. The monoisotopic (exact) mass is 305 g/mol. The zero-order chi connectivity index (χ0) is 15.9. The van der Waals surface area contributed by atoms with Crippen LogP contribution in [0.4, 0.5) is 0 Å². The molecule has 0 spiro atoms. The molecule has 0 N–H and O–H groups in total. The van der Waals surface area contributed by atoms with Crippen molar-refractivity contribution in [2.24, 2.45) is 7.05 Å². The Balaban J connectivity index is 1.81. The molecular formula is C16H27N5O. The smallest absolute Gasteiger partial charge is 0.274 e. The molecule has 2 aliphatic heterocycles. The molecule has 0 aliphatic carbocycles. The van der Waals surface area contributed by atoms with Crippen LogP contribution in [0.1, 0.15) is 35.6 Å². The van der Waals surface area contributed by atoms with E-state index >= 15 is 0 Å². The third-order valence-electron chi connectivity index (χ3n) is 5.00. The van der Waals surface area contributed by atoms with E-state index in [0.29, 0.717) is 11.7 Å². The number of likely N-dealkylation sites (N-methyl/N-ethyl adjacent to an activating group) is 1. The predicted octanol–water partition coefficient (Wildman–Crippen LogP) is 0.574. The van der Waals surface area contributed by atoms with Gasteiger partial charge in [0.2, 0.25) is 0 Å². The van der Waals surface area contributed by atoms with Crippen LogP contribution >= 0.6 is 0 Å². The molecule has 1 aromatic rings. The fourth-order valence-corrected chi connectivity index (χ4v) is 3.36. The van der Waals surface area contributed by atoms with Crippen LogP contribution in [0.15, 0.2) is 0 Å². The van der Waals surface area contributed by atoms with Crippen molar-refractivity contribution in [2.45, 2.75) is 32.9 Å². The molecule has 3 rings (SSSR count). The molecule has 1 fully saturated rings. The van der Waals surface area contributed by atoms with Gasteiger partial charge in [0, 0.05) is 57.9 Å². The van der Waals surface area contributed by atoms with Crippen LogP contribution in [0, 0.1) is 0 Å². The molecule has 6 nitrogen and oxygen atoms in total. The number of nitrogens with zero attached hydrogens (tertiary/aromatic N) is 5. The Morgan fingerprint density at radius 1 is 1.09 bits per heavy atom. The zero-order valence-electron chi connectivity index (χ0n) is 14.2. The highest BCUT2D eigenvalue weighted by molar-refractivity contribution is 5.94. The first-order chi connectivity index (χ1) is 10.5. The molecule has 0 bridgehead atoms. The Morgan fingerprint density at radius 3 is 2.41 bits per heavy atom. The molecule has 1 saturated heterocycles. The van der Waals surface area contributed by atoms with E-state index in [1.165, 1.54) is 11.3 Å². The second-order valence-electron chi connectivity index (χ2n) is 6.81. The largest absolute Gasteiger partial charge is 0.335 e. The SMILES string of the molecule is CC(C)N1CCc2c(C(=O)N3CCN(C)CC3)nn(C)c2C1. The van der Waals surface area contributed by atoms with Gasteiger partial charge in [-0.25, -0.2) is 0 Å². The number of piperazine rings is 1. The summed E-state index contributed by atoms with van der Waals surface area (Å²) in [6.07, 6.45) is 0.927. The number of amides is 1. The Labute approximate surface area is 132 Å². The second-order valence-corrected chi connectivity index (χ2v) is 6.81. The number of aromatic nitrogens is 2. The van der Waals surface area contributed by atoms with E-state index in [1.54, 1.807) is 0 Å². The topological polar surface area (TPSA) is 44.6 Å². The van der Waals surface area contributed by atoms with Gasteiger partial charge in [-0.2, -0.15) is 5.10 Å². The standard InChI is InChI=1S/C16H27N5O/c1-12(2)21-6-5-13-14(11-21)19(4)17-15(13)16(22)20-9-7-18(3)8-10-20/h12H,5-11H2,1-4H3. The van der Waals surface area contributed by atoms with Crippen LogP contribution in [0.2, 0.25) is 0 Å². The Bertz CT molecular complexity index is 557. The summed E-state index contributed by atoms with van der Waals surface area (Å²) in [5.74, 6) is 0.114. The molecule has 122 valence electrons. The fourth-order valence-electron chi connectivity index (χ4n) is 3.36. The highest BCUT2D eigenvalue weighted by Crippen LogP contribution is 2.24. The number of carbonyl (C=O) groups excluding carboxylic acids is 1. The van der Waals surface area contributed by atoms with Gasteiger partial charge in [0.1, 0.15) is 0 Å². The van der Waals surface area contributed by atoms with Gasteiger partial charge in [0.15, 0.2) is 5.69 Å². The molecule has 1 aromatic heterocycles. The Kier molecular flexibility index (Phi) is 4.23. The predicted molar refractivity (Wildman–Crippen MR) is 85.9 cm³/mol. The number of hydrogen-bond donors (Lipinski definition) is 0. The molecule has 0 radical (unpaired) electrons. The maximum Gasteiger partial charge on any atom is 0.274 e. The lowest BCUT2D eigenvalue weighted by atomic mass is 10.0. The van der Waals surface area contributed by atoms with Gasteiger partial charge < -0.3 is 9.80 Å². The van der Waals surface area contributed by atoms with Crippen LogP contribution in [0.25, 0.3) is 0 Å².